The summed E-state index contributed by atoms with van der Waals surface area (Å²) in [6, 6.07) is 13.8. The second-order valence-electron chi connectivity index (χ2n) is 5.83. The molecule has 1 fully saturated rings. The summed E-state index contributed by atoms with van der Waals surface area (Å²) in [6.07, 6.45) is 3.99. The summed E-state index contributed by atoms with van der Waals surface area (Å²) in [5.74, 6) is -0.183. The van der Waals surface area contributed by atoms with Gasteiger partial charge >= 0.3 is 0 Å². The molecular weight excluding hydrogens is 302 g/mol. The van der Waals surface area contributed by atoms with Crippen LogP contribution in [0.5, 0.6) is 0 Å². The van der Waals surface area contributed by atoms with Crippen molar-refractivity contribution in [3.63, 3.8) is 0 Å². The molecule has 0 radical (unpaired) electrons. The Bertz CT molecular complexity index is 936. The van der Waals surface area contributed by atoms with E-state index in [9.17, 15) is 9.59 Å². The van der Waals surface area contributed by atoms with Crippen molar-refractivity contribution in [3.8, 4) is 11.1 Å². The average Bonchev–Trinajstić information content (AvgIpc) is 2.93. The van der Waals surface area contributed by atoms with E-state index in [1.54, 1.807) is 12.4 Å². The molecule has 1 aromatic heterocycles. The zero-order valence-corrected chi connectivity index (χ0v) is 13.0. The van der Waals surface area contributed by atoms with Gasteiger partial charge in [-0.2, -0.15) is 0 Å². The standard InChI is InChI=1S/C19H15N3O2/c23-18-6-7-19(24)22(18)12-13-2-1-3-14(10-13)15-4-5-16-17(11-15)21-9-8-20-16/h1-5,8-11H,6-7,12H2. The third kappa shape index (κ3) is 2.65. The number of rotatable bonds is 3. The van der Waals surface area contributed by atoms with Crippen LogP contribution in [0.2, 0.25) is 0 Å². The van der Waals surface area contributed by atoms with Crippen LogP contribution in [-0.4, -0.2) is 26.7 Å². The van der Waals surface area contributed by atoms with Crippen molar-refractivity contribution >= 4 is 22.8 Å². The molecule has 1 aliphatic rings. The normalized spacial score (nSPS) is 14.6. The van der Waals surface area contributed by atoms with Gasteiger partial charge in [0.1, 0.15) is 0 Å². The number of benzene rings is 2. The van der Waals surface area contributed by atoms with Gasteiger partial charge in [-0.15, -0.1) is 0 Å². The molecule has 0 spiro atoms. The predicted molar refractivity (Wildman–Crippen MR) is 89.8 cm³/mol. The summed E-state index contributed by atoms with van der Waals surface area (Å²) in [7, 11) is 0. The highest BCUT2D eigenvalue weighted by atomic mass is 16.2. The van der Waals surface area contributed by atoms with Gasteiger partial charge in [-0.25, -0.2) is 0 Å². The van der Waals surface area contributed by atoms with Crippen molar-refractivity contribution in [3.05, 3.63) is 60.4 Å². The van der Waals surface area contributed by atoms with Crippen LogP contribution in [0, 0.1) is 0 Å². The Morgan fingerprint density at radius 1 is 0.833 bits per heavy atom. The number of nitrogens with zero attached hydrogens (tertiary/aromatic N) is 3. The number of carbonyl (C=O) groups is 2. The highest BCUT2D eigenvalue weighted by molar-refractivity contribution is 6.01. The van der Waals surface area contributed by atoms with Gasteiger partial charge in [0.2, 0.25) is 11.8 Å². The second kappa shape index (κ2) is 5.85. The Labute approximate surface area is 139 Å². The number of likely N-dealkylation sites (tertiary alicyclic amines) is 1. The number of fused-ring (bicyclic) bond motifs is 1. The van der Waals surface area contributed by atoms with Crippen LogP contribution in [-0.2, 0) is 16.1 Å². The Balaban J connectivity index is 1.66. The quantitative estimate of drug-likeness (QED) is 0.697. The Morgan fingerprint density at radius 3 is 2.33 bits per heavy atom. The second-order valence-corrected chi connectivity index (χ2v) is 5.83. The smallest absolute Gasteiger partial charge is 0.229 e. The molecule has 1 aliphatic heterocycles. The van der Waals surface area contributed by atoms with Gasteiger partial charge < -0.3 is 0 Å². The van der Waals surface area contributed by atoms with Crippen molar-refractivity contribution < 1.29 is 9.59 Å². The van der Waals surface area contributed by atoms with Crippen molar-refractivity contribution in [2.45, 2.75) is 19.4 Å². The molecule has 0 bridgehead atoms. The fraction of sp³-hybridized carbons (Fsp3) is 0.158. The fourth-order valence-electron chi connectivity index (χ4n) is 2.97. The third-order valence-electron chi connectivity index (χ3n) is 4.23. The van der Waals surface area contributed by atoms with Crippen LogP contribution in [0.1, 0.15) is 18.4 Å². The van der Waals surface area contributed by atoms with Crippen LogP contribution < -0.4 is 0 Å². The van der Waals surface area contributed by atoms with E-state index < -0.39 is 0 Å². The molecule has 0 aliphatic carbocycles. The van der Waals surface area contributed by atoms with E-state index in [1.807, 2.05) is 42.5 Å². The molecule has 2 amide bonds. The summed E-state index contributed by atoms with van der Waals surface area (Å²) in [5, 5.41) is 0. The molecule has 24 heavy (non-hydrogen) atoms. The summed E-state index contributed by atoms with van der Waals surface area (Å²) in [5.41, 5.74) is 4.69. The summed E-state index contributed by atoms with van der Waals surface area (Å²) in [6.45, 7) is 0.332. The first-order chi connectivity index (χ1) is 11.7. The number of hydrogen-bond donors (Lipinski definition) is 0. The van der Waals surface area contributed by atoms with Crippen LogP contribution in [0.3, 0.4) is 0 Å². The predicted octanol–water partition coefficient (Wildman–Crippen LogP) is 2.95. The first kappa shape index (κ1) is 14.5. The molecular formula is C19H15N3O2. The van der Waals surface area contributed by atoms with Gasteiger partial charge in [0.15, 0.2) is 0 Å². The molecule has 5 heteroatoms. The molecule has 4 rings (SSSR count). The first-order valence-electron chi connectivity index (χ1n) is 7.84. The van der Waals surface area contributed by atoms with Gasteiger partial charge in [-0.1, -0.05) is 24.3 Å². The lowest BCUT2D eigenvalue weighted by Crippen LogP contribution is -2.28. The Kier molecular flexibility index (Phi) is 3.54. The molecule has 0 unspecified atom stereocenters. The minimum Gasteiger partial charge on any atom is -0.278 e. The maximum absolute atomic E-state index is 11.8. The van der Waals surface area contributed by atoms with Crippen molar-refractivity contribution in [1.82, 2.24) is 14.9 Å². The molecule has 0 atom stereocenters. The number of carbonyl (C=O) groups excluding carboxylic acids is 2. The molecule has 5 nitrogen and oxygen atoms in total. The van der Waals surface area contributed by atoms with E-state index in [-0.39, 0.29) is 11.8 Å². The highest BCUT2D eigenvalue weighted by Crippen LogP contribution is 2.25. The maximum Gasteiger partial charge on any atom is 0.229 e. The summed E-state index contributed by atoms with van der Waals surface area (Å²) >= 11 is 0. The zero-order chi connectivity index (χ0) is 16.5. The number of amides is 2. The molecule has 2 heterocycles. The third-order valence-corrected chi connectivity index (χ3v) is 4.23. The van der Waals surface area contributed by atoms with Crippen molar-refractivity contribution in [2.75, 3.05) is 0 Å². The van der Waals surface area contributed by atoms with Crippen LogP contribution in [0.25, 0.3) is 22.2 Å². The largest absolute Gasteiger partial charge is 0.278 e. The first-order valence-corrected chi connectivity index (χ1v) is 7.84. The zero-order valence-electron chi connectivity index (χ0n) is 13.0. The SMILES string of the molecule is O=C1CCC(=O)N1Cc1cccc(-c2ccc3nccnc3c2)c1. The Morgan fingerprint density at radius 2 is 1.54 bits per heavy atom. The number of hydrogen-bond acceptors (Lipinski definition) is 4. The van der Waals surface area contributed by atoms with Crippen molar-refractivity contribution in [1.29, 1.82) is 0 Å². The summed E-state index contributed by atoms with van der Waals surface area (Å²) in [4.78, 5) is 33.5. The molecule has 118 valence electrons. The lowest BCUT2D eigenvalue weighted by molar-refractivity contribution is -0.139. The Hall–Kier alpha value is -3.08. The van der Waals surface area contributed by atoms with E-state index in [1.165, 1.54) is 4.90 Å². The van der Waals surface area contributed by atoms with Crippen molar-refractivity contribution in [2.24, 2.45) is 0 Å². The number of aromatic nitrogens is 2. The molecule has 2 aromatic carbocycles. The van der Waals surface area contributed by atoms with Crippen LogP contribution in [0.4, 0.5) is 0 Å². The monoisotopic (exact) mass is 317 g/mol. The average molecular weight is 317 g/mol. The van der Waals surface area contributed by atoms with E-state index in [0.29, 0.717) is 19.4 Å². The summed E-state index contributed by atoms with van der Waals surface area (Å²) < 4.78 is 0. The van der Waals surface area contributed by atoms with Crippen LogP contribution >= 0.6 is 0 Å². The van der Waals surface area contributed by atoms with E-state index >= 15 is 0 Å². The van der Waals surface area contributed by atoms with Crippen LogP contribution in [0.15, 0.2) is 54.9 Å². The highest BCUT2D eigenvalue weighted by Gasteiger charge is 2.28. The van der Waals surface area contributed by atoms with E-state index in [0.717, 1.165) is 27.7 Å². The lowest BCUT2D eigenvalue weighted by Gasteiger charge is -2.14. The maximum atomic E-state index is 11.8. The van der Waals surface area contributed by atoms with Gasteiger partial charge in [-0.3, -0.25) is 24.5 Å². The fourth-order valence-corrected chi connectivity index (χ4v) is 2.97. The van der Waals surface area contributed by atoms with Gasteiger partial charge in [-0.05, 0) is 34.9 Å². The van der Waals surface area contributed by atoms with E-state index in [2.05, 4.69) is 9.97 Å². The van der Waals surface area contributed by atoms with Gasteiger partial charge in [0, 0.05) is 25.2 Å². The lowest BCUT2D eigenvalue weighted by atomic mass is 10.0. The molecule has 0 N–H and O–H groups in total. The molecule has 1 saturated heterocycles. The number of imide groups is 1. The van der Waals surface area contributed by atoms with Gasteiger partial charge in [0.25, 0.3) is 0 Å². The topological polar surface area (TPSA) is 63.2 Å². The minimum atomic E-state index is -0.0913. The minimum absolute atomic E-state index is 0.0913. The molecule has 3 aromatic rings. The van der Waals surface area contributed by atoms with E-state index in [4.69, 9.17) is 0 Å². The molecule has 0 saturated carbocycles. The van der Waals surface area contributed by atoms with Gasteiger partial charge in [0.05, 0.1) is 17.6 Å².